The molecule has 0 aliphatic rings. The van der Waals surface area contributed by atoms with Crippen LogP contribution in [0.5, 0.6) is 0 Å². The van der Waals surface area contributed by atoms with Crippen molar-refractivity contribution in [2.75, 3.05) is 5.32 Å². The number of aryl methyl sites for hydroxylation is 1. The zero-order valence-electron chi connectivity index (χ0n) is 10.6. The Morgan fingerprint density at radius 1 is 1.40 bits per heavy atom. The van der Waals surface area contributed by atoms with Crippen LogP contribution in [0.25, 0.3) is 0 Å². The van der Waals surface area contributed by atoms with Crippen molar-refractivity contribution in [1.29, 1.82) is 0 Å². The van der Waals surface area contributed by atoms with Gasteiger partial charge in [-0.1, -0.05) is 6.07 Å². The number of carboxylic acids is 1. The van der Waals surface area contributed by atoms with Gasteiger partial charge < -0.3 is 21.5 Å². The van der Waals surface area contributed by atoms with E-state index in [1.165, 1.54) is 0 Å². The van der Waals surface area contributed by atoms with E-state index < -0.39 is 30.4 Å². The maximum absolute atomic E-state index is 11.7. The SMILES string of the molecule is Cc1ccc(NC(=O)N[C@H](CC(N)=O)C(=O)O)c(Br)c1. The average Bonchev–Trinajstić information content (AvgIpc) is 2.31. The third-order valence-electron chi connectivity index (χ3n) is 2.38. The lowest BCUT2D eigenvalue weighted by Gasteiger charge is -2.14. The van der Waals surface area contributed by atoms with Crippen molar-refractivity contribution in [3.8, 4) is 0 Å². The zero-order chi connectivity index (χ0) is 15.3. The molecule has 0 fully saturated rings. The molecule has 0 bridgehead atoms. The molecular formula is C12H14BrN3O4. The first-order chi connectivity index (χ1) is 9.29. The summed E-state index contributed by atoms with van der Waals surface area (Å²) in [6.45, 7) is 1.89. The Bertz CT molecular complexity index is 548. The highest BCUT2D eigenvalue weighted by Gasteiger charge is 2.22. The Morgan fingerprint density at radius 3 is 2.55 bits per heavy atom. The Hall–Kier alpha value is -2.09. The summed E-state index contributed by atoms with van der Waals surface area (Å²) in [5.41, 5.74) is 6.40. The van der Waals surface area contributed by atoms with Gasteiger partial charge in [0.05, 0.1) is 12.1 Å². The van der Waals surface area contributed by atoms with Gasteiger partial charge in [-0.2, -0.15) is 0 Å². The number of urea groups is 1. The molecule has 1 aromatic carbocycles. The third-order valence-corrected chi connectivity index (χ3v) is 3.04. The van der Waals surface area contributed by atoms with Gasteiger partial charge in [0.1, 0.15) is 6.04 Å². The second-order valence-electron chi connectivity index (χ2n) is 4.14. The molecule has 3 amide bonds. The van der Waals surface area contributed by atoms with Gasteiger partial charge in [0.25, 0.3) is 0 Å². The molecule has 108 valence electrons. The summed E-state index contributed by atoms with van der Waals surface area (Å²) in [5, 5.41) is 13.5. The van der Waals surface area contributed by atoms with Crippen molar-refractivity contribution >= 4 is 39.5 Å². The summed E-state index contributed by atoms with van der Waals surface area (Å²) in [6.07, 6.45) is -0.474. The van der Waals surface area contributed by atoms with Gasteiger partial charge in [0.15, 0.2) is 0 Å². The molecule has 0 radical (unpaired) electrons. The van der Waals surface area contributed by atoms with E-state index in [1.54, 1.807) is 18.2 Å². The summed E-state index contributed by atoms with van der Waals surface area (Å²) in [5.74, 6) is -2.14. The minimum absolute atomic E-state index is 0.474. The quantitative estimate of drug-likeness (QED) is 0.641. The summed E-state index contributed by atoms with van der Waals surface area (Å²) in [4.78, 5) is 33.3. The molecule has 0 saturated carbocycles. The average molecular weight is 344 g/mol. The predicted octanol–water partition coefficient (Wildman–Crippen LogP) is 1.21. The third kappa shape index (κ3) is 4.88. The maximum atomic E-state index is 11.7. The second-order valence-corrected chi connectivity index (χ2v) is 5.00. The number of nitrogens with two attached hydrogens (primary N) is 1. The summed E-state index contributed by atoms with van der Waals surface area (Å²) in [7, 11) is 0. The van der Waals surface area contributed by atoms with Crippen LogP contribution in [0.1, 0.15) is 12.0 Å². The minimum atomic E-state index is -1.36. The fourth-order valence-electron chi connectivity index (χ4n) is 1.44. The smallest absolute Gasteiger partial charge is 0.326 e. The standard InChI is InChI=1S/C12H14BrN3O4/c1-6-2-3-8(7(13)4-6)15-12(20)16-9(11(18)19)5-10(14)17/h2-4,9H,5H2,1H3,(H2,14,17)(H,18,19)(H2,15,16,20)/t9-/m1/s1. The monoisotopic (exact) mass is 343 g/mol. The van der Waals surface area contributed by atoms with Gasteiger partial charge in [-0.15, -0.1) is 0 Å². The molecule has 0 unspecified atom stereocenters. The molecule has 0 saturated heterocycles. The Kier molecular flexibility index (Phi) is 5.51. The van der Waals surface area contributed by atoms with Crippen LogP contribution in [0.15, 0.2) is 22.7 Å². The van der Waals surface area contributed by atoms with Crippen LogP contribution in [-0.4, -0.2) is 29.1 Å². The normalized spacial score (nSPS) is 11.5. The van der Waals surface area contributed by atoms with Crippen LogP contribution in [0.4, 0.5) is 10.5 Å². The number of carboxylic acid groups (broad SMARTS) is 1. The molecule has 8 heteroatoms. The Labute approximate surface area is 123 Å². The van der Waals surface area contributed by atoms with Gasteiger partial charge >= 0.3 is 12.0 Å². The largest absolute Gasteiger partial charge is 0.480 e. The number of halogens is 1. The summed E-state index contributed by atoms with van der Waals surface area (Å²) < 4.78 is 0.662. The zero-order valence-corrected chi connectivity index (χ0v) is 12.2. The number of carbonyl (C=O) groups is 3. The van der Waals surface area contributed by atoms with Crippen molar-refractivity contribution in [3.63, 3.8) is 0 Å². The molecule has 1 aromatic rings. The van der Waals surface area contributed by atoms with Crippen LogP contribution in [-0.2, 0) is 9.59 Å². The molecule has 20 heavy (non-hydrogen) atoms. The van der Waals surface area contributed by atoms with Gasteiger partial charge in [0, 0.05) is 4.47 Å². The fraction of sp³-hybridized carbons (Fsp3) is 0.250. The highest BCUT2D eigenvalue weighted by Crippen LogP contribution is 2.23. The van der Waals surface area contributed by atoms with Gasteiger partial charge in [-0.3, -0.25) is 4.79 Å². The summed E-state index contributed by atoms with van der Waals surface area (Å²) >= 11 is 3.28. The van der Waals surface area contributed by atoms with E-state index in [-0.39, 0.29) is 0 Å². The maximum Gasteiger partial charge on any atom is 0.326 e. The molecule has 0 spiro atoms. The molecule has 0 aliphatic carbocycles. The first kappa shape index (κ1) is 16.0. The van der Waals surface area contributed by atoms with E-state index in [4.69, 9.17) is 10.8 Å². The molecular weight excluding hydrogens is 330 g/mol. The number of aliphatic carboxylic acids is 1. The van der Waals surface area contributed by atoms with E-state index >= 15 is 0 Å². The molecule has 1 rings (SSSR count). The van der Waals surface area contributed by atoms with E-state index in [1.807, 2.05) is 6.92 Å². The van der Waals surface area contributed by atoms with Crippen LogP contribution in [0.2, 0.25) is 0 Å². The van der Waals surface area contributed by atoms with Crippen molar-refractivity contribution in [2.45, 2.75) is 19.4 Å². The van der Waals surface area contributed by atoms with E-state index in [9.17, 15) is 14.4 Å². The van der Waals surface area contributed by atoms with Crippen molar-refractivity contribution in [3.05, 3.63) is 28.2 Å². The number of hydrogen-bond donors (Lipinski definition) is 4. The van der Waals surface area contributed by atoms with Crippen LogP contribution in [0.3, 0.4) is 0 Å². The van der Waals surface area contributed by atoms with E-state index in [2.05, 4.69) is 26.6 Å². The summed E-state index contributed by atoms with van der Waals surface area (Å²) in [6, 6.07) is 3.16. The number of carbonyl (C=O) groups excluding carboxylic acids is 2. The number of benzene rings is 1. The topological polar surface area (TPSA) is 122 Å². The highest BCUT2D eigenvalue weighted by molar-refractivity contribution is 9.10. The van der Waals surface area contributed by atoms with Crippen LogP contribution in [0, 0.1) is 6.92 Å². The van der Waals surface area contributed by atoms with Gasteiger partial charge in [-0.05, 0) is 40.5 Å². The Morgan fingerprint density at radius 2 is 2.05 bits per heavy atom. The first-order valence-corrected chi connectivity index (χ1v) is 6.43. The minimum Gasteiger partial charge on any atom is -0.480 e. The first-order valence-electron chi connectivity index (χ1n) is 5.64. The molecule has 1 atom stereocenters. The lowest BCUT2D eigenvalue weighted by Crippen LogP contribution is -2.45. The van der Waals surface area contributed by atoms with Crippen LogP contribution >= 0.6 is 15.9 Å². The van der Waals surface area contributed by atoms with Crippen molar-refractivity contribution in [2.24, 2.45) is 5.73 Å². The molecule has 7 nitrogen and oxygen atoms in total. The number of hydrogen-bond acceptors (Lipinski definition) is 3. The van der Waals surface area contributed by atoms with Gasteiger partial charge in [0.2, 0.25) is 5.91 Å². The fourth-order valence-corrected chi connectivity index (χ4v) is 2.03. The van der Waals surface area contributed by atoms with Crippen LogP contribution < -0.4 is 16.4 Å². The molecule has 5 N–H and O–H groups in total. The molecule has 0 aliphatic heterocycles. The van der Waals surface area contributed by atoms with Crippen molar-refractivity contribution < 1.29 is 19.5 Å². The van der Waals surface area contributed by atoms with Gasteiger partial charge in [-0.25, -0.2) is 9.59 Å². The number of primary amides is 1. The number of anilines is 1. The van der Waals surface area contributed by atoms with E-state index in [0.717, 1.165) is 5.56 Å². The predicted molar refractivity (Wildman–Crippen MR) is 76.3 cm³/mol. The second kappa shape index (κ2) is 6.90. The number of amides is 3. The van der Waals surface area contributed by atoms with Crippen molar-refractivity contribution in [1.82, 2.24) is 5.32 Å². The molecule has 0 heterocycles. The lowest BCUT2D eigenvalue weighted by atomic mass is 10.2. The highest BCUT2D eigenvalue weighted by atomic mass is 79.9. The number of rotatable bonds is 5. The lowest BCUT2D eigenvalue weighted by molar-refractivity contribution is -0.140. The number of nitrogens with one attached hydrogen (secondary N) is 2. The molecule has 0 aromatic heterocycles. The van der Waals surface area contributed by atoms with E-state index in [0.29, 0.717) is 10.2 Å². The Balaban J connectivity index is 2.70.